The molecule has 116 valence electrons. The lowest BCUT2D eigenvalue weighted by atomic mass is 10.2. The lowest BCUT2D eigenvalue weighted by Crippen LogP contribution is -2.37. The number of carbonyl (C=O) groups excluding carboxylic acids is 1. The van der Waals surface area contributed by atoms with E-state index in [9.17, 15) is 4.79 Å². The molecule has 1 atom stereocenters. The zero-order chi connectivity index (χ0) is 15.4. The van der Waals surface area contributed by atoms with Gasteiger partial charge >= 0.3 is 0 Å². The number of aromatic nitrogens is 1. The first-order chi connectivity index (χ1) is 10.8. The van der Waals surface area contributed by atoms with Gasteiger partial charge in [-0.1, -0.05) is 12.1 Å². The van der Waals surface area contributed by atoms with Gasteiger partial charge in [0, 0.05) is 19.2 Å². The quantitative estimate of drug-likeness (QED) is 0.795. The fourth-order valence-electron chi connectivity index (χ4n) is 2.75. The molecule has 1 fully saturated rings. The number of hydrogen-bond donors (Lipinski definition) is 0. The molecule has 1 aromatic carbocycles. The van der Waals surface area contributed by atoms with Crippen LogP contribution in [0.4, 0.5) is 0 Å². The van der Waals surface area contributed by atoms with Gasteiger partial charge in [0.25, 0.3) is 0 Å². The zero-order valence-corrected chi connectivity index (χ0v) is 13.5. The van der Waals surface area contributed by atoms with Crippen molar-refractivity contribution in [3.63, 3.8) is 0 Å². The minimum Gasteiger partial charge on any atom is -0.380 e. The Labute approximate surface area is 134 Å². The molecule has 2 aromatic rings. The number of para-hydroxylation sites is 1. The highest BCUT2D eigenvalue weighted by molar-refractivity contribution is 7.19. The monoisotopic (exact) mass is 316 g/mol. The van der Waals surface area contributed by atoms with Crippen molar-refractivity contribution in [3.05, 3.63) is 35.3 Å². The number of likely N-dealkylation sites (tertiary alicyclic amines) is 1. The van der Waals surface area contributed by atoms with Crippen LogP contribution in [0.3, 0.4) is 0 Å². The Bertz CT molecular complexity index is 647. The van der Waals surface area contributed by atoms with E-state index in [-0.39, 0.29) is 11.9 Å². The largest absolute Gasteiger partial charge is 0.380 e. The molecule has 3 rings (SSSR count). The first-order valence-electron chi connectivity index (χ1n) is 7.70. The van der Waals surface area contributed by atoms with Crippen molar-refractivity contribution < 1.29 is 9.53 Å². The Morgan fingerprint density at radius 3 is 3.18 bits per heavy atom. The molecule has 22 heavy (non-hydrogen) atoms. The van der Waals surface area contributed by atoms with Crippen LogP contribution >= 0.6 is 11.3 Å². The fraction of sp³-hybridized carbons (Fsp3) is 0.412. The fourth-order valence-corrected chi connectivity index (χ4v) is 3.62. The van der Waals surface area contributed by atoms with Gasteiger partial charge in [-0.3, -0.25) is 4.79 Å². The second-order valence-corrected chi connectivity index (χ2v) is 6.40. The second-order valence-electron chi connectivity index (χ2n) is 5.34. The molecule has 0 bridgehead atoms. The summed E-state index contributed by atoms with van der Waals surface area (Å²) in [5.74, 6) is 0.0569. The number of nitrogens with zero attached hydrogens (tertiary/aromatic N) is 2. The standard InChI is InChI=1S/C17H20N2O2S/c1-2-21-12-13-6-5-11-19(13)17(20)10-9-16-18-14-7-3-4-8-15(14)22-16/h3-4,7-10,13H,2,5-6,11-12H2,1H3. The summed E-state index contributed by atoms with van der Waals surface area (Å²) >= 11 is 1.60. The summed E-state index contributed by atoms with van der Waals surface area (Å²) in [5, 5.41) is 0.870. The van der Waals surface area contributed by atoms with Crippen molar-refractivity contribution >= 4 is 33.5 Å². The maximum absolute atomic E-state index is 12.4. The molecule has 1 aliphatic rings. The molecule has 0 radical (unpaired) electrons. The van der Waals surface area contributed by atoms with Crippen LogP contribution in [0.2, 0.25) is 0 Å². The molecule has 1 aliphatic heterocycles. The van der Waals surface area contributed by atoms with Crippen LogP contribution in [0.15, 0.2) is 30.3 Å². The summed E-state index contributed by atoms with van der Waals surface area (Å²) in [6.45, 7) is 4.13. The second kappa shape index (κ2) is 7.03. The Balaban J connectivity index is 1.67. The maximum Gasteiger partial charge on any atom is 0.246 e. The molecule has 1 amide bonds. The van der Waals surface area contributed by atoms with Gasteiger partial charge in [-0.25, -0.2) is 4.98 Å². The third kappa shape index (κ3) is 3.36. The molecular formula is C17H20N2O2S. The molecular weight excluding hydrogens is 296 g/mol. The highest BCUT2D eigenvalue weighted by Crippen LogP contribution is 2.23. The van der Waals surface area contributed by atoms with E-state index in [4.69, 9.17) is 4.74 Å². The number of fused-ring (bicyclic) bond motifs is 1. The predicted molar refractivity (Wildman–Crippen MR) is 89.9 cm³/mol. The van der Waals surface area contributed by atoms with E-state index in [1.54, 1.807) is 17.4 Å². The molecule has 0 saturated carbocycles. The average molecular weight is 316 g/mol. The predicted octanol–water partition coefficient (Wildman–Crippen LogP) is 3.34. The number of thiazole rings is 1. The van der Waals surface area contributed by atoms with E-state index in [2.05, 4.69) is 4.98 Å². The minimum absolute atomic E-state index is 0.0569. The van der Waals surface area contributed by atoms with E-state index in [1.807, 2.05) is 42.2 Å². The average Bonchev–Trinajstić information content (AvgIpc) is 3.16. The smallest absolute Gasteiger partial charge is 0.246 e. The molecule has 1 saturated heterocycles. The summed E-state index contributed by atoms with van der Waals surface area (Å²) < 4.78 is 6.62. The van der Waals surface area contributed by atoms with E-state index in [1.165, 1.54) is 0 Å². The number of carbonyl (C=O) groups is 1. The van der Waals surface area contributed by atoms with Crippen LogP contribution in [-0.4, -0.2) is 41.6 Å². The Kier molecular flexibility index (Phi) is 4.85. The van der Waals surface area contributed by atoms with Gasteiger partial charge in [0.05, 0.1) is 22.9 Å². The van der Waals surface area contributed by atoms with E-state index < -0.39 is 0 Å². The third-order valence-corrected chi connectivity index (χ3v) is 4.86. The van der Waals surface area contributed by atoms with Crippen molar-refractivity contribution in [1.82, 2.24) is 9.88 Å². The summed E-state index contributed by atoms with van der Waals surface area (Å²) in [5.41, 5.74) is 0.981. The highest BCUT2D eigenvalue weighted by atomic mass is 32.1. The van der Waals surface area contributed by atoms with E-state index in [0.29, 0.717) is 13.2 Å². The van der Waals surface area contributed by atoms with Gasteiger partial charge in [-0.15, -0.1) is 11.3 Å². The van der Waals surface area contributed by atoms with Crippen LogP contribution in [0.1, 0.15) is 24.8 Å². The third-order valence-electron chi connectivity index (χ3n) is 3.85. The molecule has 4 nitrogen and oxygen atoms in total. The summed E-state index contributed by atoms with van der Waals surface area (Å²) in [7, 11) is 0. The minimum atomic E-state index is 0.0569. The van der Waals surface area contributed by atoms with Crippen LogP contribution in [0, 0.1) is 0 Å². The normalized spacial score (nSPS) is 18.6. The van der Waals surface area contributed by atoms with Crippen molar-refractivity contribution in [1.29, 1.82) is 0 Å². The van der Waals surface area contributed by atoms with Crippen LogP contribution in [0.5, 0.6) is 0 Å². The number of ether oxygens (including phenoxy) is 1. The van der Waals surface area contributed by atoms with Gasteiger partial charge < -0.3 is 9.64 Å². The first-order valence-corrected chi connectivity index (χ1v) is 8.51. The van der Waals surface area contributed by atoms with Gasteiger partial charge in [0.15, 0.2) is 0 Å². The lowest BCUT2D eigenvalue weighted by Gasteiger charge is -2.23. The number of hydrogen-bond acceptors (Lipinski definition) is 4. The molecule has 1 unspecified atom stereocenters. The van der Waals surface area contributed by atoms with Gasteiger partial charge in [0.2, 0.25) is 5.91 Å². The molecule has 0 spiro atoms. The zero-order valence-electron chi connectivity index (χ0n) is 12.7. The highest BCUT2D eigenvalue weighted by Gasteiger charge is 2.27. The van der Waals surface area contributed by atoms with Crippen molar-refractivity contribution in [2.75, 3.05) is 19.8 Å². The Hall–Kier alpha value is -1.72. The number of rotatable bonds is 5. The number of benzene rings is 1. The van der Waals surface area contributed by atoms with Crippen LogP contribution in [-0.2, 0) is 9.53 Å². The van der Waals surface area contributed by atoms with E-state index in [0.717, 1.165) is 34.6 Å². The van der Waals surface area contributed by atoms with Crippen molar-refractivity contribution in [2.45, 2.75) is 25.8 Å². The van der Waals surface area contributed by atoms with Gasteiger partial charge in [0.1, 0.15) is 5.01 Å². The molecule has 0 N–H and O–H groups in total. The van der Waals surface area contributed by atoms with Crippen LogP contribution in [0.25, 0.3) is 16.3 Å². The molecule has 2 heterocycles. The first kappa shape index (κ1) is 15.2. The lowest BCUT2D eigenvalue weighted by molar-refractivity contribution is -0.127. The number of amides is 1. The Morgan fingerprint density at radius 1 is 1.50 bits per heavy atom. The molecule has 0 aliphatic carbocycles. The van der Waals surface area contributed by atoms with Crippen LogP contribution < -0.4 is 0 Å². The van der Waals surface area contributed by atoms with Gasteiger partial charge in [-0.2, -0.15) is 0 Å². The maximum atomic E-state index is 12.4. The summed E-state index contributed by atoms with van der Waals surface area (Å²) in [6.07, 6.45) is 5.55. The molecule has 1 aromatic heterocycles. The summed E-state index contributed by atoms with van der Waals surface area (Å²) in [6, 6.07) is 8.23. The van der Waals surface area contributed by atoms with Crippen molar-refractivity contribution in [2.24, 2.45) is 0 Å². The van der Waals surface area contributed by atoms with Gasteiger partial charge in [-0.05, 0) is 38.0 Å². The summed E-state index contributed by atoms with van der Waals surface area (Å²) in [4.78, 5) is 18.8. The SMILES string of the molecule is CCOCC1CCCN1C(=O)C=Cc1nc2ccccc2s1. The van der Waals surface area contributed by atoms with Crippen molar-refractivity contribution in [3.8, 4) is 0 Å². The Morgan fingerprint density at radius 2 is 2.36 bits per heavy atom. The van der Waals surface area contributed by atoms with E-state index >= 15 is 0 Å². The molecule has 5 heteroatoms. The topological polar surface area (TPSA) is 42.4 Å².